The van der Waals surface area contributed by atoms with E-state index >= 15 is 0 Å². The summed E-state index contributed by atoms with van der Waals surface area (Å²) < 4.78 is 0. The highest BCUT2D eigenvalue weighted by atomic mass is 32.2. The van der Waals surface area contributed by atoms with Gasteiger partial charge in [-0.2, -0.15) is 11.8 Å². The van der Waals surface area contributed by atoms with Crippen molar-refractivity contribution in [3.05, 3.63) is 0 Å². The molecule has 12 heavy (non-hydrogen) atoms. The smallest absolute Gasteiger partial charge is 0.232 e. The minimum absolute atomic E-state index is 0.286. The zero-order valence-corrected chi connectivity index (χ0v) is 8.49. The zero-order chi connectivity index (χ0) is 8.97. The average molecular weight is 188 g/mol. The molecule has 1 rings (SSSR count). The van der Waals surface area contributed by atoms with Gasteiger partial charge in [-0.3, -0.25) is 4.79 Å². The van der Waals surface area contributed by atoms with E-state index in [9.17, 15) is 4.79 Å². The van der Waals surface area contributed by atoms with Crippen LogP contribution in [0.25, 0.3) is 0 Å². The van der Waals surface area contributed by atoms with Crippen molar-refractivity contribution in [2.24, 2.45) is 0 Å². The van der Waals surface area contributed by atoms with Crippen molar-refractivity contribution < 1.29 is 4.79 Å². The molecule has 0 saturated carbocycles. The van der Waals surface area contributed by atoms with E-state index in [-0.39, 0.29) is 5.91 Å². The van der Waals surface area contributed by atoms with Crippen LogP contribution in [0.3, 0.4) is 0 Å². The van der Waals surface area contributed by atoms with Crippen LogP contribution in [0, 0.1) is 0 Å². The zero-order valence-electron chi connectivity index (χ0n) is 7.67. The summed E-state index contributed by atoms with van der Waals surface area (Å²) in [5.41, 5.74) is 0. The molecular weight excluding hydrogens is 172 g/mol. The van der Waals surface area contributed by atoms with Crippen molar-refractivity contribution in [2.45, 2.75) is 13.0 Å². The summed E-state index contributed by atoms with van der Waals surface area (Å²) in [7, 11) is 1.92. The molecule has 1 saturated heterocycles. The van der Waals surface area contributed by atoms with Crippen LogP contribution in [0.4, 0.5) is 0 Å². The lowest BCUT2D eigenvalue weighted by Gasteiger charge is -2.28. The molecule has 4 heteroatoms. The van der Waals surface area contributed by atoms with Gasteiger partial charge in [0.1, 0.15) is 0 Å². The minimum atomic E-state index is 0.286. The Morgan fingerprint density at radius 2 is 2.50 bits per heavy atom. The number of carbonyl (C=O) groups is 1. The Morgan fingerprint density at radius 1 is 1.75 bits per heavy atom. The predicted octanol–water partition coefficient (Wildman–Crippen LogP) is 0.170. The van der Waals surface area contributed by atoms with E-state index in [4.69, 9.17) is 0 Å². The lowest BCUT2D eigenvalue weighted by Crippen LogP contribution is -2.45. The third-order valence-electron chi connectivity index (χ3n) is 2.07. The van der Waals surface area contributed by atoms with Gasteiger partial charge in [-0.15, -0.1) is 0 Å². The van der Waals surface area contributed by atoms with Crippen LogP contribution in [-0.4, -0.2) is 48.5 Å². The second-order valence-electron chi connectivity index (χ2n) is 3.08. The topological polar surface area (TPSA) is 32.3 Å². The molecule has 0 bridgehead atoms. The van der Waals surface area contributed by atoms with E-state index in [1.165, 1.54) is 0 Å². The van der Waals surface area contributed by atoms with E-state index < -0.39 is 0 Å². The monoisotopic (exact) mass is 188 g/mol. The van der Waals surface area contributed by atoms with E-state index in [0.717, 1.165) is 18.8 Å². The van der Waals surface area contributed by atoms with Crippen molar-refractivity contribution in [2.75, 3.05) is 31.6 Å². The molecule has 0 aromatic carbocycles. The summed E-state index contributed by atoms with van der Waals surface area (Å²) in [6.45, 7) is 3.85. The van der Waals surface area contributed by atoms with Gasteiger partial charge in [-0.1, -0.05) is 0 Å². The van der Waals surface area contributed by atoms with E-state index in [0.29, 0.717) is 11.8 Å². The molecule has 70 valence electrons. The number of nitrogens with one attached hydrogen (secondary N) is 1. The maximum absolute atomic E-state index is 11.3. The standard InChI is InChI=1S/C8H16N2OS/c1-7(9-2)5-10-3-4-12-6-8(10)11/h7,9H,3-6H2,1-2H3. The number of carbonyl (C=O) groups excluding carboxylic acids is 1. The fraction of sp³-hybridized carbons (Fsp3) is 0.875. The molecule has 0 aromatic rings. The summed E-state index contributed by atoms with van der Waals surface area (Å²) in [6.07, 6.45) is 0. The molecule has 0 aromatic heterocycles. The first kappa shape index (κ1) is 9.86. The van der Waals surface area contributed by atoms with Gasteiger partial charge in [-0.05, 0) is 14.0 Å². The number of hydrogen-bond acceptors (Lipinski definition) is 3. The lowest BCUT2D eigenvalue weighted by atomic mass is 10.3. The van der Waals surface area contributed by atoms with Crippen LogP contribution in [0.15, 0.2) is 0 Å². The maximum Gasteiger partial charge on any atom is 0.232 e. The van der Waals surface area contributed by atoms with Crippen molar-refractivity contribution in [1.29, 1.82) is 0 Å². The first-order valence-corrected chi connectivity index (χ1v) is 5.42. The number of thioether (sulfide) groups is 1. The third-order valence-corrected chi connectivity index (χ3v) is 2.99. The quantitative estimate of drug-likeness (QED) is 0.685. The number of rotatable bonds is 3. The fourth-order valence-corrected chi connectivity index (χ4v) is 2.02. The molecule has 1 heterocycles. The Morgan fingerprint density at radius 3 is 3.08 bits per heavy atom. The molecule has 1 N–H and O–H groups in total. The van der Waals surface area contributed by atoms with Crippen LogP contribution in [-0.2, 0) is 4.79 Å². The van der Waals surface area contributed by atoms with Crippen molar-refractivity contribution >= 4 is 17.7 Å². The first-order valence-electron chi connectivity index (χ1n) is 4.27. The molecule has 0 radical (unpaired) electrons. The van der Waals surface area contributed by atoms with E-state index in [1.54, 1.807) is 11.8 Å². The molecule has 1 fully saturated rings. The van der Waals surface area contributed by atoms with Crippen molar-refractivity contribution in [3.8, 4) is 0 Å². The summed E-state index contributed by atoms with van der Waals surface area (Å²) >= 11 is 1.73. The summed E-state index contributed by atoms with van der Waals surface area (Å²) in [4.78, 5) is 13.3. The van der Waals surface area contributed by atoms with Crippen LogP contribution >= 0.6 is 11.8 Å². The van der Waals surface area contributed by atoms with Gasteiger partial charge in [0.2, 0.25) is 5.91 Å². The molecule has 1 unspecified atom stereocenters. The maximum atomic E-state index is 11.3. The SMILES string of the molecule is CNC(C)CN1CCSCC1=O. The van der Waals surface area contributed by atoms with Crippen molar-refractivity contribution in [1.82, 2.24) is 10.2 Å². The Hall–Kier alpha value is -0.220. The second-order valence-corrected chi connectivity index (χ2v) is 4.19. The Balaban J connectivity index is 2.34. The highest BCUT2D eigenvalue weighted by Gasteiger charge is 2.19. The fourth-order valence-electron chi connectivity index (χ4n) is 1.17. The molecule has 0 aliphatic carbocycles. The number of amides is 1. The Labute approximate surface area is 77.9 Å². The second kappa shape index (κ2) is 4.72. The molecule has 0 spiro atoms. The number of hydrogen-bond donors (Lipinski definition) is 1. The van der Waals surface area contributed by atoms with Crippen LogP contribution in [0.1, 0.15) is 6.92 Å². The van der Waals surface area contributed by atoms with Crippen LogP contribution < -0.4 is 5.32 Å². The molecule has 1 aliphatic heterocycles. The normalized spacial score (nSPS) is 21.2. The molecule has 1 aliphatic rings. The van der Waals surface area contributed by atoms with Gasteiger partial charge in [0, 0.05) is 24.9 Å². The molecule has 1 amide bonds. The van der Waals surface area contributed by atoms with Crippen LogP contribution in [0.2, 0.25) is 0 Å². The highest BCUT2D eigenvalue weighted by molar-refractivity contribution is 8.00. The van der Waals surface area contributed by atoms with Gasteiger partial charge in [0.05, 0.1) is 5.75 Å². The van der Waals surface area contributed by atoms with Gasteiger partial charge in [0.25, 0.3) is 0 Å². The number of nitrogens with zero attached hydrogens (tertiary/aromatic N) is 1. The van der Waals surface area contributed by atoms with Crippen LogP contribution in [0.5, 0.6) is 0 Å². The van der Waals surface area contributed by atoms with E-state index in [2.05, 4.69) is 12.2 Å². The van der Waals surface area contributed by atoms with Gasteiger partial charge < -0.3 is 10.2 Å². The van der Waals surface area contributed by atoms with Gasteiger partial charge in [0.15, 0.2) is 0 Å². The molecular formula is C8H16N2OS. The Kier molecular flexibility index (Phi) is 3.88. The largest absolute Gasteiger partial charge is 0.340 e. The predicted molar refractivity (Wildman–Crippen MR) is 52.4 cm³/mol. The van der Waals surface area contributed by atoms with E-state index in [1.807, 2.05) is 11.9 Å². The molecule has 1 atom stereocenters. The summed E-state index contributed by atoms with van der Waals surface area (Å²) in [6, 6.07) is 0.400. The Bertz CT molecular complexity index is 163. The summed E-state index contributed by atoms with van der Waals surface area (Å²) in [5, 5.41) is 3.13. The first-order chi connectivity index (χ1) is 5.74. The number of likely N-dealkylation sites (N-methyl/N-ethyl adjacent to an activating group) is 1. The average Bonchev–Trinajstić information content (AvgIpc) is 2.09. The minimum Gasteiger partial charge on any atom is -0.340 e. The van der Waals surface area contributed by atoms with Crippen molar-refractivity contribution in [3.63, 3.8) is 0 Å². The lowest BCUT2D eigenvalue weighted by molar-refractivity contribution is -0.128. The highest BCUT2D eigenvalue weighted by Crippen LogP contribution is 2.10. The van der Waals surface area contributed by atoms with Gasteiger partial charge in [-0.25, -0.2) is 0 Å². The van der Waals surface area contributed by atoms with Gasteiger partial charge >= 0.3 is 0 Å². The molecule has 3 nitrogen and oxygen atoms in total. The summed E-state index contributed by atoms with van der Waals surface area (Å²) in [5.74, 6) is 2.03. The third kappa shape index (κ3) is 2.68.